The number of imide groups is 1. The molecule has 0 aliphatic carbocycles. The molecular formula is C23H24N4O8. The zero-order valence-electron chi connectivity index (χ0n) is 19.4. The predicted octanol–water partition coefficient (Wildman–Crippen LogP) is 1.03. The largest absolute Gasteiger partial charge is 0.497 e. The van der Waals surface area contributed by atoms with Gasteiger partial charge in [0.25, 0.3) is 11.8 Å². The smallest absolute Gasteiger partial charge is 0.332 e. The van der Waals surface area contributed by atoms with E-state index in [4.69, 9.17) is 19.9 Å². The summed E-state index contributed by atoms with van der Waals surface area (Å²) < 4.78 is 15.3. The van der Waals surface area contributed by atoms with Crippen LogP contribution in [0.15, 0.2) is 42.5 Å². The summed E-state index contributed by atoms with van der Waals surface area (Å²) in [5, 5.41) is 2.50. The van der Waals surface area contributed by atoms with Crippen LogP contribution in [0.4, 0.5) is 10.5 Å². The fourth-order valence-corrected chi connectivity index (χ4v) is 3.46. The van der Waals surface area contributed by atoms with E-state index >= 15 is 0 Å². The van der Waals surface area contributed by atoms with Gasteiger partial charge in [-0.05, 0) is 36.4 Å². The predicted molar refractivity (Wildman–Crippen MR) is 122 cm³/mol. The Balaban J connectivity index is 1.95. The maximum absolute atomic E-state index is 13.2. The highest BCUT2D eigenvalue weighted by atomic mass is 16.6. The van der Waals surface area contributed by atoms with Gasteiger partial charge in [0.15, 0.2) is 11.5 Å². The molecule has 1 heterocycles. The molecule has 184 valence electrons. The second-order valence-electron chi connectivity index (χ2n) is 7.51. The van der Waals surface area contributed by atoms with Crippen LogP contribution in [-0.4, -0.2) is 61.0 Å². The average Bonchev–Trinajstić information content (AvgIpc) is 2.81. The van der Waals surface area contributed by atoms with Crippen molar-refractivity contribution in [2.45, 2.75) is 26.1 Å². The van der Waals surface area contributed by atoms with Crippen molar-refractivity contribution in [3.8, 4) is 17.2 Å². The number of carbonyl (C=O) groups is 5. The van der Waals surface area contributed by atoms with Gasteiger partial charge in [0.2, 0.25) is 0 Å². The highest BCUT2D eigenvalue weighted by molar-refractivity contribution is 6.10. The third-order valence-electron chi connectivity index (χ3n) is 5.09. The maximum Gasteiger partial charge on any atom is 0.332 e. The fourth-order valence-electron chi connectivity index (χ4n) is 3.46. The minimum absolute atomic E-state index is 0.160. The SMILES string of the molecule is COc1ccc(N2C(=O)N(C)C(=O)C(NC(=O)c3cccc(OC(C)=O)c3OC(C)=O)C2N)cc1. The van der Waals surface area contributed by atoms with Gasteiger partial charge in [0.05, 0.1) is 12.7 Å². The lowest BCUT2D eigenvalue weighted by atomic mass is 10.1. The van der Waals surface area contributed by atoms with Crippen LogP contribution in [0.3, 0.4) is 0 Å². The van der Waals surface area contributed by atoms with Crippen LogP contribution in [0.25, 0.3) is 0 Å². The van der Waals surface area contributed by atoms with E-state index in [-0.39, 0.29) is 17.1 Å². The van der Waals surface area contributed by atoms with Crippen molar-refractivity contribution >= 4 is 35.5 Å². The first-order valence-corrected chi connectivity index (χ1v) is 10.4. The molecule has 3 rings (SSSR count). The van der Waals surface area contributed by atoms with Gasteiger partial charge in [-0.1, -0.05) is 6.07 Å². The van der Waals surface area contributed by atoms with Crippen LogP contribution >= 0.6 is 0 Å². The standard InChI is InChI=1S/C23H24N4O8/c1-12(28)34-17-7-5-6-16(19(17)35-13(2)29)21(30)25-18-20(24)27(23(32)26(3)22(18)31)14-8-10-15(33-4)11-9-14/h5-11,18,20H,24H2,1-4H3,(H,25,30). The fraction of sp³-hybridized carbons (Fsp3) is 0.261. The number of nitrogens with one attached hydrogen (secondary N) is 1. The number of benzene rings is 2. The summed E-state index contributed by atoms with van der Waals surface area (Å²) in [5.41, 5.74) is 6.46. The number of rotatable bonds is 6. The summed E-state index contributed by atoms with van der Waals surface area (Å²) in [6.07, 6.45) is -1.27. The number of amides is 4. The molecule has 12 nitrogen and oxygen atoms in total. The van der Waals surface area contributed by atoms with Crippen molar-refractivity contribution in [2.24, 2.45) is 5.73 Å². The van der Waals surface area contributed by atoms with E-state index in [0.717, 1.165) is 23.6 Å². The number of hydrogen-bond donors (Lipinski definition) is 2. The molecule has 0 bridgehead atoms. The topological polar surface area (TPSA) is 158 Å². The van der Waals surface area contributed by atoms with Gasteiger partial charge >= 0.3 is 18.0 Å². The van der Waals surface area contributed by atoms with Crippen molar-refractivity contribution < 1.29 is 38.2 Å². The van der Waals surface area contributed by atoms with Gasteiger partial charge in [0, 0.05) is 26.6 Å². The van der Waals surface area contributed by atoms with E-state index < -0.39 is 42.0 Å². The molecule has 1 saturated heterocycles. The molecule has 1 aliphatic heterocycles. The summed E-state index contributed by atoms with van der Waals surface area (Å²) in [5.74, 6) is -2.97. The van der Waals surface area contributed by atoms with Crippen molar-refractivity contribution in [1.82, 2.24) is 10.2 Å². The third kappa shape index (κ3) is 5.22. The number of hydrogen-bond acceptors (Lipinski definition) is 9. The lowest BCUT2D eigenvalue weighted by Gasteiger charge is -2.41. The van der Waals surface area contributed by atoms with Crippen molar-refractivity contribution in [3.05, 3.63) is 48.0 Å². The highest BCUT2D eigenvalue weighted by Crippen LogP contribution is 2.32. The first kappa shape index (κ1) is 25.2. The number of nitrogens with zero attached hydrogens (tertiary/aromatic N) is 2. The van der Waals surface area contributed by atoms with Crippen LogP contribution in [0.2, 0.25) is 0 Å². The number of anilines is 1. The monoisotopic (exact) mass is 484 g/mol. The summed E-state index contributed by atoms with van der Waals surface area (Å²) in [7, 11) is 2.75. The number of methoxy groups -OCH3 is 1. The van der Waals surface area contributed by atoms with E-state index in [1.807, 2.05) is 0 Å². The molecule has 2 atom stereocenters. The molecule has 0 radical (unpaired) electrons. The first-order valence-electron chi connectivity index (χ1n) is 10.4. The molecule has 0 aromatic heterocycles. The number of esters is 2. The molecule has 0 spiro atoms. The van der Waals surface area contributed by atoms with Gasteiger partial charge in [-0.3, -0.25) is 29.0 Å². The molecule has 4 amide bonds. The molecule has 2 aromatic rings. The van der Waals surface area contributed by atoms with E-state index in [1.165, 1.54) is 32.4 Å². The summed E-state index contributed by atoms with van der Waals surface area (Å²) in [6.45, 7) is 2.25. The van der Waals surface area contributed by atoms with Crippen molar-refractivity contribution in [2.75, 3.05) is 19.1 Å². The molecular weight excluding hydrogens is 460 g/mol. The quantitative estimate of drug-likeness (QED) is 0.451. The van der Waals surface area contributed by atoms with Crippen molar-refractivity contribution in [1.29, 1.82) is 0 Å². The second kappa shape index (κ2) is 10.2. The van der Waals surface area contributed by atoms with E-state index in [2.05, 4.69) is 5.32 Å². The summed E-state index contributed by atoms with van der Waals surface area (Å²) >= 11 is 0. The van der Waals surface area contributed by atoms with Gasteiger partial charge in [0.1, 0.15) is 18.0 Å². The molecule has 3 N–H and O–H groups in total. The number of carbonyl (C=O) groups excluding carboxylic acids is 5. The maximum atomic E-state index is 13.2. The Morgan fingerprint density at radius 2 is 1.60 bits per heavy atom. The van der Waals surface area contributed by atoms with Gasteiger partial charge in [-0.15, -0.1) is 0 Å². The Hall–Kier alpha value is -4.45. The number of likely N-dealkylation sites (N-methyl/N-ethyl adjacent to an activating group) is 1. The number of nitrogens with two attached hydrogens (primary N) is 1. The molecule has 35 heavy (non-hydrogen) atoms. The molecule has 1 aliphatic rings. The van der Waals surface area contributed by atoms with Crippen LogP contribution < -0.4 is 30.2 Å². The minimum Gasteiger partial charge on any atom is -0.497 e. The van der Waals surface area contributed by atoms with Gasteiger partial charge < -0.3 is 25.3 Å². The Morgan fingerprint density at radius 1 is 0.971 bits per heavy atom. The Labute approximate surface area is 200 Å². The lowest BCUT2D eigenvalue weighted by molar-refractivity contribution is -0.134. The lowest BCUT2D eigenvalue weighted by Crippen LogP contribution is -2.71. The third-order valence-corrected chi connectivity index (χ3v) is 5.09. The molecule has 2 aromatic carbocycles. The average molecular weight is 484 g/mol. The van der Waals surface area contributed by atoms with Gasteiger partial charge in [-0.2, -0.15) is 0 Å². The van der Waals surface area contributed by atoms with E-state index in [9.17, 15) is 24.0 Å². The van der Waals surface area contributed by atoms with Crippen molar-refractivity contribution in [3.63, 3.8) is 0 Å². The molecule has 12 heteroatoms. The molecule has 2 unspecified atom stereocenters. The van der Waals surface area contributed by atoms with Crippen LogP contribution in [-0.2, 0) is 14.4 Å². The van der Waals surface area contributed by atoms with Crippen LogP contribution in [0.5, 0.6) is 17.2 Å². The normalized spacial score (nSPS) is 17.6. The highest BCUT2D eigenvalue weighted by Gasteiger charge is 2.45. The zero-order chi connectivity index (χ0) is 25.9. The Kier molecular flexibility index (Phi) is 7.35. The van der Waals surface area contributed by atoms with Gasteiger partial charge in [-0.25, -0.2) is 4.79 Å². The number of urea groups is 1. The van der Waals surface area contributed by atoms with Crippen LogP contribution in [0.1, 0.15) is 24.2 Å². The molecule has 0 saturated carbocycles. The first-order chi connectivity index (χ1) is 16.5. The molecule has 1 fully saturated rings. The summed E-state index contributed by atoms with van der Waals surface area (Å²) in [4.78, 5) is 63.9. The summed E-state index contributed by atoms with van der Waals surface area (Å²) in [6, 6.07) is 8.42. The second-order valence-corrected chi connectivity index (χ2v) is 7.51. The minimum atomic E-state index is -1.35. The number of ether oxygens (including phenoxy) is 3. The zero-order valence-corrected chi connectivity index (χ0v) is 19.4. The van der Waals surface area contributed by atoms with E-state index in [1.54, 1.807) is 24.3 Å². The van der Waals surface area contributed by atoms with Crippen LogP contribution in [0, 0.1) is 0 Å². The van der Waals surface area contributed by atoms with E-state index in [0.29, 0.717) is 11.4 Å². The Morgan fingerprint density at radius 3 is 2.17 bits per heavy atom. The Bertz CT molecular complexity index is 1180. The number of para-hydroxylation sites is 1.